The second kappa shape index (κ2) is 8.44. The lowest BCUT2D eigenvalue weighted by atomic mass is 10.5. The van der Waals surface area contributed by atoms with E-state index in [9.17, 15) is 4.79 Å². The number of esters is 1. The van der Waals surface area contributed by atoms with Crippen molar-refractivity contribution >= 4 is 40.8 Å². The highest BCUT2D eigenvalue weighted by molar-refractivity contribution is 6.63. The molecule has 0 rings (SSSR count). The second-order valence-corrected chi connectivity index (χ2v) is 3.89. The van der Waals surface area contributed by atoms with Gasteiger partial charge in [0.25, 0.3) is 0 Å². The van der Waals surface area contributed by atoms with Crippen LogP contribution in [0.4, 0.5) is 0 Å². The highest BCUT2D eigenvalue weighted by atomic mass is 35.6. The van der Waals surface area contributed by atoms with Gasteiger partial charge in [-0.1, -0.05) is 34.8 Å². The Morgan fingerprint density at radius 3 is 1.55 bits per heavy atom. The van der Waals surface area contributed by atoms with Gasteiger partial charge in [-0.25, -0.2) is 0 Å². The summed E-state index contributed by atoms with van der Waals surface area (Å²) in [5, 5.41) is 0. The zero-order chi connectivity index (χ0) is 9.44. The van der Waals surface area contributed by atoms with Crippen LogP contribution in [-0.2, 0) is 9.53 Å². The minimum Gasteiger partial charge on any atom is -0.463 e. The first-order valence-electron chi connectivity index (χ1n) is 2.95. The fourth-order valence-corrected chi connectivity index (χ4v) is 0.332. The quantitative estimate of drug-likeness (QED) is 0.503. The topological polar surface area (TPSA) is 26.3 Å². The molecule has 2 nitrogen and oxygen atoms in total. The van der Waals surface area contributed by atoms with Crippen molar-refractivity contribution in [2.45, 2.75) is 31.2 Å². The lowest BCUT2D eigenvalue weighted by molar-refractivity contribution is -0.144. The molecule has 0 amide bonds. The van der Waals surface area contributed by atoms with Crippen LogP contribution in [0.25, 0.3) is 0 Å². The van der Waals surface area contributed by atoms with Crippen molar-refractivity contribution in [3.63, 3.8) is 0 Å². The maximum Gasteiger partial charge on any atom is 0.302 e. The van der Waals surface area contributed by atoms with E-state index >= 15 is 0 Å². The van der Waals surface area contributed by atoms with Crippen LogP contribution in [0.2, 0.25) is 0 Å². The normalized spacial score (nSPS) is 9.09. The lowest BCUT2D eigenvalue weighted by Crippen LogP contribution is -2.06. The monoisotopic (exact) mass is 220 g/mol. The summed E-state index contributed by atoms with van der Waals surface area (Å²) in [7, 11) is 0. The van der Waals surface area contributed by atoms with Gasteiger partial charge in [0.15, 0.2) is 4.30 Å². The van der Waals surface area contributed by atoms with Crippen LogP contribution in [0.1, 0.15) is 20.8 Å². The Kier molecular flexibility index (Phi) is 10.7. The van der Waals surface area contributed by atoms with Crippen molar-refractivity contribution in [1.29, 1.82) is 0 Å². The van der Waals surface area contributed by atoms with Crippen LogP contribution in [-0.4, -0.2) is 16.4 Å². The van der Waals surface area contributed by atoms with Gasteiger partial charge < -0.3 is 4.74 Å². The summed E-state index contributed by atoms with van der Waals surface area (Å²) < 4.78 is 3.86. The number of carbonyl (C=O) groups is 1. The SMILES string of the molecule is CC(=O)OC(C)C.ClC(Cl)Cl. The predicted octanol–water partition coefficient (Wildman–Crippen LogP) is 2.94. The summed E-state index contributed by atoms with van der Waals surface area (Å²) in [5.74, 6) is -0.213. The third kappa shape index (κ3) is 38.2. The van der Waals surface area contributed by atoms with Gasteiger partial charge >= 0.3 is 5.97 Å². The number of hydrogen-bond acceptors (Lipinski definition) is 2. The summed E-state index contributed by atoms with van der Waals surface area (Å²) in [4.78, 5) is 10.0. The molecule has 0 spiro atoms. The van der Waals surface area contributed by atoms with Crippen molar-refractivity contribution in [3.8, 4) is 0 Å². The number of hydrogen-bond donors (Lipinski definition) is 0. The summed E-state index contributed by atoms with van der Waals surface area (Å²) in [6.07, 6.45) is 0.0255. The van der Waals surface area contributed by atoms with Crippen molar-refractivity contribution in [1.82, 2.24) is 0 Å². The summed E-state index contributed by atoms with van der Waals surface area (Å²) in [6, 6.07) is 0. The van der Waals surface area contributed by atoms with E-state index < -0.39 is 4.30 Å². The molecule has 0 bridgehead atoms. The molecular formula is C6H11Cl3O2. The average molecular weight is 222 g/mol. The van der Waals surface area contributed by atoms with Crippen LogP contribution in [0.3, 0.4) is 0 Å². The first-order chi connectivity index (χ1) is 4.86. The van der Waals surface area contributed by atoms with Gasteiger partial charge in [-0.05, 0) is 13.8 Å². The fraction of sp³-hybridized carbons (Fsp3) is 0.833. The molecule has 0 aromatic heterocycles. The van der Waals surface area contributed by atoms with E-state index in [0.717, 1.165) is 0 Å². The van der Waals surface area contributed by atoms with Gasteiger partial charge in [-0.2, -0.15) is 0 Å². The molecule has 0 heterocycles. The van der Waals surface area contributed by atoms with E-state index in [-0.39, 0.29) is 12.1 Å². The molecule has 0 saturated carbocycles. The molecule has 0 aliphatic rings. The maximum atomic E-state index is 10.0. The van der Waals surface area contributed by atoms with Gasteiger partial charge in [0.1, 0.15) is 0 Å². The molecular weight excluding hydrogens is 210 g/mol. The van der Waals surface area contributed by atoms with Crippen LogP contribution in [0, 0.1) is 0 Å². The minimum atomic E-state index is -0.750. The number of rotatable bonds is 1. The number of alkyl halides is 3. The molecule has 0 atom stereocenters. The third-order valence-electron chi connectivity index (χ3n) is 0.402. The van der Waals surface area contributed by atoms with E-state index in [0.29, 0.717) is 0 Å². The summed E-state index contributed by atoms with van der Waals surface area (Å²) >= 11 is 14.4. The first-order valence-corrected chi connectivity index (χ1v) is 4.26. The molecule has 0 aliphatic heterocycles. The van der Waals surface area contributed by atoms with Gasteiger partial charge in [-0.3, -0.25) is 4.79 Å². The molecule has 5 heteroatoms. The van der Waals surface area contributed by atoms with Crippen molar-refractivity contribution < 1.29 is 9.53 Å². The molecule has 68 valence electrons. The van der Waals surface area contributed by atoms with E-state index in [2.05, 4.69) is 4.74 Å². The number of ether oxygens (including phenoxy) is 1. The van der Waals surface area contributed by atoms with Crippen LogP contribution in [0.15, 0.2) is 0 Å². The molecule has 11 heavy (non-hydrogen) atoms. The number of halogens is 3. The van der Waals surface area contributed by atoms with Gasteiger partial charge in [-0.15, -0.1) is 0 Å². The summed E-state index contributed by atoms with van der Waals surface area (Å²) in [5.41, 5.74) is 0. The zero-order valence-electron chi connectivity index (χ0n) is 6.61. The Balaban J connectivity index is 0. The van der Waals surface area contributed by atoms with Gasteiger partial charge in [0.05, 0.1) is 6.10 Å². The van der Waals surface area contributed by atoms with E-state index in [1.54, 1.807) is 0 Å². The van der Waals surface area contributed by atoms with Crippen molar-refractivity contribution in [2.75, 3.05) is 0 Å². The molecule has 0 saturated heterocycles. The average Bonchev–Trinajstić information content (AvgIpc) is 1.56. The van der Waals surface area contributed by atoms with Gasteiger partial charge in [0, 0.05) is 6.92 Å². The molecule has 0 unspecified atom stereocenters. The highest BCUT2D eigenvalue weighted by Crippen LogP contribution is 2.03. The Labute approximate surface area is 81.8 Å². The third-order valence-corrected chi connectivity index (χ3v) is 0.402. The largest absolute Gasteiger partial charge is 0.463 e. The van der Waals surface area contributed by atoms with Crippen LogP contribution in [0.5, 0.6) is 0 Å². The Bertz CT molecular complexity index is 101. The maximum absolute atomic E-state index is 10.0. The summed E-state index contributed by atoms with van der Waals surface area (Å²) in [6.45, 7) is 5.04. The van der Waals surface area contributed by atoms with Crippen molar-refractivity contribution in [3.05, 3.63) is 0 Å². The van der Waals surface area contributed by atoms with E-state index in [4.69, 9.17) is 34.8 Å². The van der Waals surface area contributed by atoms with Crippen LogP contribution < -0.4 is 0 Å². The first kappa shape index (κ1) is 13.9. The lowest BCUT2D eigenvalue weighted by Gasteiger charge is -2.01. The van der Waals surface area contributed by atoms with E-state index in [1.165, 1.54) is 6.92 Å². The standard InChI is InChI=1S/C5H10O2.CHCl3/c1-4(2)7-5(3)6;2-1(3)4/h4H,1-3H3;1H. The Hall–Kier alpha value is 0.340. The Morgan fingerprint density at radius 2 is 1.55 bits per heavy atom. The molecule has 0 aromatic rings. The molecule has 0 N–H and O–H groups in total. The fourth-order valence-electron chi connectivity index (χ4n) is 0.332. The van der Waals surface area contributed by atoms with Gasteiger partial charge in [0.2, 0.25) is 0 Å². The number of carbonyl (C=O) groups excluding carboxylic acids is 1. The molecule has 0 aliphatic carbocycles. The second-order valence-electron chi connectivity index (χ2n) is 1.91. The molecule has 0 radical (unpaired) electrons. The zero-order valence-corrected chi connectivity index (χ0v) is 8.87. The molecule has 0 aromatic carbocycles. The Morgan fingerprint density at radius 1 is 1.27 bits per heavy atom. The minimum absolute atomic E-state index is 0.0255. The van der Waals surface area contributed by atoms with Crippen LogP contribution >= 0.6 is 34.8 Å². The van der Waals surface area contributed by atoms with Crippen molar-refractivity contribution in [2.24, 2.45) is 0 Å². The highest BCUT2D eigenvalue weighted by Gasteiger charge is 1.93. The predicted molar refractivity (Wildman–Crippen MR) is 48.2 cm³/mol. The molecule has 0 fully saturated rings. The van der Waals surface area contributed by atoms with E-state index in [1.807, 2.05) is 13.8 Å². The smallest absolute Gasteiger partial charge is 0.302 e.